The van der Waals surface area contributed by atoms with Crippen molar-refractivity contribution in [3.8, 4) is 22.4 Å². The molecule has 0 atom stereocenters. The van der Waals surface area contributed by atoms with Crippen LogP contribution in [0.15, 0.2) is 103 Å². The number of benzene rings is 3. The van der Waals surface area contributed by atoms with E-state index in [0.717, 1.165) is 22.4 Å². The minimum atomic E-state index is 0.0250. The highest BCUT2D eigenvalue weighted by Gasteiger charge is 2.16. The first kappa shape index (κ1) is 16.0. The third kappa shape index (κ3) is 3.05. The lowest BCUT2D eigenvalue weighted by Gasteiger charge is -2.13. The van der Waals surface area contributed by atoms with E-state index in [2.05, 4.69) is 4.98 Å². The molecule has 0 N–H and O–H groups in total. The number of carbonyl (C=O) groups excluding carboxylic acids is 1. The van der Waals surface area contributed by atoms with Crippen LogP contribution in [-0.4, -0.2) is 10.8 Å². The maximum atomic E-state index is 13.1. The molecule has 4 rings (SSSR count). The van der Waals surface area contributed by atoms with Gasteiger partial charge in [-0.1, -0.05) is 84.9 Å². The number of hydrogen-bond acceptors (Lipinski definition) is 2. The number of pyridine rings is 1. The Morgan fingerprint density at radius 3 is 1.92 bits per heavy atom. The van der Waals surface area contributed by atoms with Gasteiger partial charge in [0.15, 0.2) is 5.78 Å². The normalized spacial score (nSPS) is 10.5. The molecule has 0 saturated carbocycles. The summed E-state index contributed by atoms with van der Waals surface area (Å²) in [6, 6.07) is 31.1. The van der Waals surface area contributed by atoms with Crippen molar-refractivity contribution in [1.82, 2.24) is 4.98 Å². The standard InChI is InChI=1S/C24H17NO/c26-24(18-10-2-1-3-11-18)22-15-7-5-13-20(22)19-12-4-6-14-21(19)23-16-8-9-17-25-23/h1-17H. The van der Waals surface area contributed by atoms with Gasteiger partial charge in [0.1, 0.15) is 0 Å². The van der Waals surface area contributed by atoms with Crippen molar-refractivity contribution >= 4 is 5.78 Å². The average molecular weight is 335 g/mol. The molecular formula is C24H17NO. The van der Waals surface area contributed by atoms with E-state index in [1.165, 1.54) is 0 Å². The topological polar surface area (TPSA) is 30.0 Å². The molecule has 4 aromatic rings. The van der Waals surface area contributed by atoms with Gasteiger partial charge in [-0.2, -0.15) is 0 Å². The van der Waals surface area contributed by atoms with Crippen LogP contribution in [0.25, 0.3) is 22.4 Å². The van der Waals surface area contributed by atoms with E-state index >= 15 is 0 Å². The molecule has 0 aliphatic heterocycles. The summed E-state index contributed by atoms with van der Waals surface area (Å²) in [6.45, 7) is 0. The first-order valence-electron chi connectivity index (χ1n) is 8.54. The summed E-state index contributed by atoms with van der Waals surface area (Å²) in [5.74, 6) is 0.0250. The molecular weight excluding hydrogens is 318 g/mol. The van der Waals surface area contributed by atoms with Crippen LogP contribution >= 0.6 is 0 Å². The molecule has 0 spiro atoms. The molecule has 0 aliphatic rings. The van der Waals surface area contributed by atoms with Gasteiger partial charge in [0, 0.05) is 22.9 Å². The van der Waals surface area contributed by atoms with Crippen LogP contribution in [0.4, 0.5) is 0 Å². The van der Waals surface area contributed by atoms with Crippen molar-refractivity contribution in [2.45, 2.75) is 0 Å². The Balaban J connectivity index is 1.88. The third-order valence-electron chi connectivity index (χ3n) is 4.37. The van der Waals surface area contributed by atoms with Crippen molar-refractivity contribution < 1.29 is 4.79 Å². The first-order chi connectivity index (χ1) is 12.8. The molecule has 2 heteroatoms. The van der Waals surface area contributed by atoms with E-state index in [1.54, 1.807) is 6.20 Å². The Hall–Kier alpha value is -3.52. The zero-order valence-corrected chi connectivity index (χ0v) is 14.2. The van der Waals surface area contributed by atoms with Gasteiger partial charge in [0.2, 0.25) is 0 Å². The molecule has 0 radical (unpaired) electrons. The van der Waals surface area contributed by atoms with Crippen molar-refractivity contribution in [2.24, 2.45) is 0 Å². The van der Waals surface area contributed by atoms with E-state index in [0.29, 0.717) is 11.1 Å². The first-order valence-corrected chi connectivity index (χ1v) is 8.54. The second-order valence-electron chi connectivity index (χ2n) is 6.00. The van der Waals surface area contributed by atoms with E-state index in [-0.39, 0.29) is 5.78 Å². The van der Waals surface area contributed by atoms with Crippen molar-refractivity contribution in [3.05, 3.63) is 114 Å². The summed E-state index contributed by atoms with van der Waals surface area (Å²) in [6.07, 6.45) is 1.78. The minimum Gasteiger partial charge on any atom is -0.289 e. The Morgan fingerprint density at radius 1 is 0.577 bits per heavy atom. The lowest BCUT2D eigenvalue weighted by molar-refractivity contribution is 0.103. The summed E-state index contributed by atoms with van der Waals surface area (Å²) in [7, 11) is 0. The molecule has 0 fully saturated rings. The van der Waals surface area contributed by atoms with Gasteiger partial charge < -0.3 is 0 Å². The van der Waals surface area contributed by atoms with E-state index in [9.17, 15) is 4.79 Å². The SMILES string of the molecule is O=C(c1ccccc1)c1ccccc1-c1ccccc1-c1ccccn1. The monoisotopic (exact) mass is 335 g/mol. The fraction of sp³-hybridized carbons (Fsp3) is 0. The van der Waals surface area contributed by atoms with Crippen molar-refractivity contribution in [1.29, 1.82) is 0 Å². The van der Waals surface area contributed by atoms with Gasteiger partial charge in [0.05, 0.1) is 5.69 Å². The lowest BCUT2D eigenvalue weighted by atomic mass is 9.90. The third-order valence-corrected chi connectivity index (χ3v) is 4.37. The van der Waals surface area contributed by atoms with E-state index in [4.69, 9.17) is 0 Å². The number of aromatic nitrogens is 1. The smallest absolute Gasteiger partial charge is 0.193 e. The second kappa shape index (κ2) is 7.16. The van der Waals surface area contributed by atoms with Crippen LogP contribution in [0, 0.1) is 0 Å². The number of nitrogens with zero attached hydrogens (tertiary/aromatic N) is 1. The molecule has 0 unspecified atom stereocenters. The molecule has 26 heavy (non-hydrogen) atoms. The molecule has 0 bridgehead atoms. The number of ketones is 1. The Labute approximate surface area is 152 Å². The van der Waals surface area contributed by atoms with Crippen LogP contribution in [0.5, 0.6) is 0 Å². The maximum Gasteiger partial charge on any atom is 0.193 e. The van der Waals surface area contributed by atoms with Gasteiger partial charge >= 0.3 is 0 Å². The molecule has 124 valence electrons. The summed E-state index contributed by atoms with van der Waals surface area (Å²) >= 11 is 0. The fourth-order valence-electron chi connectivity index (χ4n) is 3.12. The molecule has 3 aromatic carbocycles. The van der Waals surface area contributed by atoms with Gasteiger partial charge in [-0.25, -0.2) is 0 Å². The molecule has 2 nitrogen and oxygen atoms in total. The Kier molecular flexibility index (Phi) is 4.40. The van der Waals surface area contributed by atoms with Crippen molar-refractivity contribution in [3.63, 3.8) is 0 Å². The van der Waals surface area contributed by atoms with Gasteiger partial charge in [-0.15, -0.1) is 0 Å². The minimum absolute atomic E-state index is 0.0250. The largest absolute Gasteiger partial charge is 0.289 e. The molecule has 0 amide bonds. The Morgan fingerprint density at radius 2 is 1.19 bits per heavy atom. The van der Waals surface area contributed by atoms with Gasteiger partial charge in [0.25, 0.3) is 0 Å². The Bertz CT molecular complexity index is 1040. The summed E-state index contributed by atoms with van der Waals surface area (Å²) in [5.41, 5.74) is 5.22. The number of rotatable bonds is 4. The van der Waals surface area contributed by atoms with Gasteiger partial charge in [-0.05, 0) is 23.3 Å². The lowest BCUT2D eigenvalue weighted by Crippen LogP contribution is -2.03. The van der Waals surface area contributed by atoms with Crippen LogP contribution in [0.2, 0.25) is 0 Å². The number of carbonyl (C=O) groups is 1. The molecule has 0 aliphatic carbocycles. The second-order valence-corrected chi connectivity index (χ2v) is 6.00. The van der Waals surface area contributed by atoms with Gasteiger partial charge in [-0.3, -0.25) is 9.78 Å². The highest BCUT2D eigenvalue weighted by Crippen LogP contribution is 2.33. The van der Waals surface area contributed by atoms with Crippen LogP contribution in [-0.2, 0) is 0 Å². The maximum absolute atomic E-state index is 13.1. The predicted octanol–water partition coefficient (Wildman–Crippen LogP) is 5.65. The summed E-state index contributed by atoms with van der Waals surface area (Å²) in [4.78, 5) is 17.6. The van der Waals surface area contributed by atoms with Crippen LogP contribution in [0.1, 0.15) is 15.9 Å². The van der Waals surface area contributed by atoms with Crippen molar-refractivity contribution in [2.75, 3.05) is 0 Å². The highest BCUT2D eigenvalue weighted by atomic mass is 16.1. The molecule has 0 saturated heterocycles. The van der Waals surface area contributed by atoms with Crippen LogP contribution < -0.4 is 0 Å². The highest BCUT2D eigenvalue weighted by molar-refractivity contribution is 6.13. The van der Waals surface area contributed by atoms with Crippen LogP contribution in [0.3, 0.4) is 0 Å². The van der Waals surface area contributed by atoms with E-state index in [1.807, 2.05) is 97.1 Å². The number of hydrogen-bond donors (Lipinski definition) is 0. The quantitative estimate of drug-likeness (QED) is 0.451. The van der Waals surface area contributed by atoms with E-state index < -0.39 is 0 Å². The summed E-state index contributed by atoms with van der Waals surface area (Å²) in [5, 5.41) is 0. The predicted molar refractivity (Wildman–Crippen MR) is 105 cm³/mol. The zero-order chi connectivity index (χ0) is 17.8. The molecule has 1 aromatic heterocycles. The summed E-state index contributed by atoms with van der Waals surface area (Å²) < 4.78 is 0. The average Bonchev–Trinajstić information content (AvgIpc) is 2.74. The fourth-order valence-corrected chi connectivity index (χ4v) is 3.12. The molecule has 1 heterocycles. The zero-order valence-electron chi connectivity index (χ0n) is 14.2.